The third kappa shape index (κ3) is 43000. The molecule has 29 heavy (non-hydrogen) atoms. The van der Waals surface area contributed by atoms with E-state index in [0.29, 0.717) is 0 Å². The van der Waals surface area contributed by atoms with Gasteiger partial charge in [0, 0.05) is 0 Å². The Morgan fingerprint density at radius 1 is 0.241 bits per heavy atom. The van der Waals surface area contributed by atoms with Gasteiger partial charge in [0.05, 0.1) is 0 Å². The molecule has 0 heterocycles. The summed E-state index contributed by atoms with van der Waals surface area (Å²) in [6.07, 6.45) is 0. The van der Waals surface area contributed by atoms with Crippen molar-refractivity contribution in [3.63, 3.8) is 0 Å². The van der Waals surface area contributed by atoms with Gasteiger partial charge >= 0.3 is 139 Å². The number of nitrogens with zero attached hydrogens (tertiary/aromatic N) is 12. The monoisotopic (exact) mass is 688 g/mol. The predicted molar refractivity (Wildman–Crippen MR) is 76.9 cm³/mol. The molecule has 0 saturated heterocycles. The molecule has 0 aromatic rings. The van der Waals surface area contributed by atoms with Gasteiger partial charge in [-0.25, -0.2) is 0 Å². The van der Waals surface area contributed by atoms with Crippen molar-refractivity contribution in [2.75, 3.05) is 0 Å². The summed E-state index contributed by atoms with van der Waals surface area (Å²) in [5, 5.41) is 75.0. The molecule has 0 aliphatic carbocycles. The Labute approximate surface area is 274 Å². The molecule has 140 valence electrons. The van der Waals surface area contributed by atoms with Crippen LogP contribution in [0, 0.1) is 142 Å². The van der Waals surface area contributed by atoms with Crippen LogP contribution in [-0.4, -0.2) is 124 Å². The molecule has 0 aromatic carbocycles. The van der Waals surface area contributed by atoms with Crippen molar-refractivity contribution < 1.29 is 14.8 Å². The molecule has 0 bridgehead atoms. The molecule has 0 saturated carbocycles. The van der Waals surface area contributed by atoms with E-state index >= 15 is 0 Å². The van der Waals surface area contributed by atoms with Gasteiger partial charge in [0.2, 0.25) is 0 Å². The van der Waals surface area contributed by atoms with Crippen LogP contribution in [0.15, 0.2) is 0 Å². The van der Waals surface area contributed by atoms with E-state index in [4.69, 9.17) is 142 Å². The smallest absolute Gasteiger partial charge is 2.00 e. The van der Waals surface area contributed by atoms with E-state index in [1.807, 2.05) is 0 Å². The first-order valence-corrected chi connectivity index (χ1v) is 14.9. The average Bonchev–Trinajstić information content (AvgIpc) is 2.95. The van der Waals surface area contributed by atoms with E-state index in [1.54, 1.807) is 0 Å². The second kappa shape index (κ2) is 46500. The zero-order chi connectivity index (χ0) is 28.0. The quantitative estimate of drug-likeness (QED) is 0.240. The summed E-state index contributed by atoms with van der Waals surface area (Å²) in [4.78, 5) is 0. The van der Waals surface area contributed by atoms with Crippen LogP contribution >= 0.6 is 0 Å². The van der Waals surface area contributed by atoms with Crippen molar-refractivity contribution in [3.05, 3.63) is 78.9 Å². The molecule has 0 rings (SSSR count). The van der Waals surface area contributed by atoms with Gasteiger partial charge in [-0.3, -0.25) is 0 Å². The molecule has 17 heteroatoms. The molecule has 0 unspecified atom stereocenters. The minimum Gasteiger partial charge on any atom is 2.00 e. The van der Waals surface area contributed by atoms with Crippen molar-refractivity contribution in [1.29, 1.82) is 63.1 Å². The Morgan fingerprint density at radius 2 is 0.241 bits per heavy atom. The van der Waals surface area contributed by atoms with Crippen LogP contribution in [0.1, 0.15) is 0 Å². The summed E-state index contributed by atoms with van der Waals surface area (Å²) < 4.78 is 0. The fourth-order valence-corrected chi connectivity index (χ4v) is 0. The topological polar surface area (TPSA) is 285 Å². The van der Waals surface area contributed by atoms with Gasteiger partial charge in [-0.15, -0.1) is 0 Å². The Balaban J connectivity index is -0.00000000558. The summed E-state index contributed by atoms with van der Waals surface area (Å²) in [5.74, 6) is 0. The SMILES string of the molecule is [C-]#N.[C-]#N.[C-]#N.[C-]#N.[C-]#N.[C-]#N.[C-]#N.[C-]#N.[C-]#N.[C-]#N.[C-]#N.[C-]#N.[Fe]=[Sr].[Fe]=[Sr].[Sr+2]. The Morgan fingerprint density at radius 3 is 0.241 bits per heavy atom. The van der Waals surface area contributed by atoms with Gasteiger partial charge in [0.1, 0.15) is 0 Å². The molecule has 0 aromatic heterocycles. The van der Waals surface area contributed by atoms with Gasteiger partial charge < -0.3 is 142 Å². The van der Waals surface area contributed by atoms with Crippen LogP contribution in [0.3, 0.4) is 0 Å². The number of hydrogen-bond donors (Lipinski definition) is 0. The Kier molecular flexibility index (Phi) is 191000. The van der Waals surface area contributed by atoms with Crippen molar-refractivity contribution in [1.82, 2.24) is 0 Å². The van der Waals surface area contributed by atoms with Crippen LogP contribution in [0.4, 0.5) is 0 Å². The zero-order valence-corrected chi connectivity index (χ0v) is 26.8. The van der Waals surface area contributed by atoms with E-state index < -0.39 is 0 Å². The molecule has 0 radical (unpaired) electrons. The van der Waals surface area contributed by atoms with Crippen molar-refractivity contribution in [3.8, 4) is 0 Å². The van der Waals surface area contributed by atoms with Crippen LogP contribution in [0.5, 0.6) is 0 Å². The number of hydrogen-bond acceptors (Lipinski definition) is 12. The second-order valence-electron chi connectivity index (χ2n) is 0. The van der Waals surface area contributed by atoms with Crippen LogP contribution < -0.4 is 0 Å². The first-order chi connectivity index (χ1) is 14.0. The maximum atomic E-state index is 6.25. The minimum atomic E-state index is 0. The van der Waals surface area contributed by atoms with Gasteiger partial charge in [0.15, 0.2) is 0 Å². The zero-order valence-electron chi connectivity index (χ0n) is 14.2. The largest absolute Gasteiger partial charge is 2.00 e. The molecular formula is C12Fe2N12Sr3-10. The molecule has 0 spiro atoms. The molecular weight excluding hydrogens is 687 g/mol. The standard InChI is InChI=1S/12CN.2Fe.3Sr/c12*1-2;;;;;/q12*-1;;;;;+2. The summed E-state index contributed by atoms with van der Waals surface area (Å²) in [7, 11) is 6.84. The maximum Gasteiger partial charge on any atom is 2.00 e. The Bertz CT molecular complexity index is 259. The summed E-state index contributed by atoms with van der Waals surface area (Å²) in [5.41, 5.74) is 0. The first-order valence-electron chi connectivity index (χ1n) is 3.18. The molecule has 0 aliphatic rings. The molecule has 0 N–H and O–H groups in total. The molecule has 0 aliphatic heterocycles. The molecule has 0 amide bonds. The normalized spacial score (nSPS) is 1.31. The second-order valence-corrected chi connectivity index (χ2v) is 0. The van der Waals surface area contributed by atoms with Crippen LogP contribution in [0.2, 0.25) is 0 Å². The average molecular weight is 687 g/mol. The van der Waals surface area contributed by atoms with Crippen molar-refractivity contribution >= 4 is 124 Å². The van der Waals surface area contributed by atoms with Crippen LogP contribution in [-0.2, 0) is 14.8 Å². The Hall–Kier alpha value is -0.639. The van der Waals surface area contributed by atoms with Gasteiger partial charge in [-0.2, -0.15) is 0 Å². The fourth-order valence-electron chi connectivity index (χ4n) is 0. The predicted octanol–water partition coefficient (Wildman–Crippen LogP) is 0.00904. The van der Waals surface area contributed by atoms with E-state index in [2.05, 4.69) is 14.8 Å². The summed E-state index contributed by atoms with van der Waals surface area (Å²) in [6.45, 7) is 57.0. The third-order valence-corrected chi connectivity index (χ3v) is 0. The maximum absolute atomic E-state index is 6.25. The fraction of sp³-hybridized carbons (Fsp3) is 0. The molecule has 12 nitrogen and oxygen atoms in total. The van der Waals surface area contributed by atoms with Crippen molar-refractivity contribution in [2.45, 2.75) is 0 Å². The van der Waals surface area contributed by atoms with E-state index in [1.165, 1.54) is 0 Å². The van der Waals surface area contributed by atoms with E-state index in [9.17, 15) is 0 Å². The van der Waals surface area contributed by atoms with Gasteiger partial charge in [0.25, 0.3) is 0 Å². The van der Waals surface area contributed by atoms with E-state index in [-0.39, 0.29) is 45.5 Å². The minimum absolute atomic E-state index is 0. The van der Waals surface area contributed by atoms with Crippen LogP contribution in [0.25, 0.3) is 0 Å². The first kappa shape index (κ1) is 119. The van der Waals surface area contributed by atoms with Crippen molar-refractivity contribution in [2.24, 2.45) is 0 Å². The van der Waals surface area contributed by atoms with Gasteiger partial charge in [-0.05, 0) is 0 Å². The number of rotatable bonds is 0. The molecule has 0 atom stereocenters. The van der Waals surface area contributed by atoms with E-state index in [0.717, 1.165) is 78.5 Å². The molecule has 0 fully saturated rings. The third-order valence-electron chi connectivity index (χ3n) is 0. The van der Waals surface area contributed by atoms with Gasteiger partial charge in [-0.1, -0.05) is 0 Å². The summed E-state index contributed by atoms with van der Waals surface area (Å²) in [6, 6.07) is 0. The summed E-state index contributed by atoms with van der Waals surface area (Å²) >= 11 is 1.80.